The summed E-state index contributed by atoms with van der Waals surface area (Å²) in [6.45, 7) is 7.67. The van der Waals surface area contributed by atoms with Crippen molar-refractivity contribution in [3.05, 3.63) is 29.6 Å². The minimum Gasteiger partial charge on any atom is -0.384 e. The number of carbonyl (C=O) groups excluding carboxylic acids is 1. The van der Waals surface area contributed by atoms with Gasteiger partial charge in [0.25, 0.3) is 5.91 Å². The zero-order valence-corrected chi connectivity index (χ0v) is 12.7. The van der Waals surface area contributed by atoms with Crippen molar-refractivity contribution in [3.63, 3.8) is 0 Å². The summed E-state index contributed by atoms with van der Waals surface area (Å²) < 4.78 is 0. The van der Waals surface area contributed by atoms with Crippen LogP contribution in [0.25, 0.3) is 0 Å². The van der Waals surface area contributed by atoms with Gasteiger partial charge in [-0.3, -0.25) is 9.78 Å². The Kier molecular flexibility index (Phi) is 8.10. The maximum Gasteiger partial charge on any atom is 0.252 e. The predicted molar refractivity (Wildman–Crippen MR) is 82.9 cm³/mol. The molecule has 0 aliphatic carbocycles. The normalized spacial score (nSPS) is 10.1. The largest absolute Gasteiger partial charge is 0.384 e. The summed E-state index contributed by atoms with van der Waals surface area (Å²) in [5.74, 6) is 5.12. The van der Waals surface area contributed by atoms with Crippen molar-refractivity contribution in [1.29, 1.82) is 0 Å². The maximum atomic E-state index is 12.1. The van der Waals surface area contributed by atoms with Gasteiger partial charge in [0.2, 0.25) is 0 Å². The molecule has 2 N–H and O–H groups in total. The summed E-state index contributed by atoms with van der Waals surface area (Å²) in [6.07, 6.45) is 4.01. The lowest BCUT2D eigenvalue weighted by atomic mass is 10.1. The van der Waals surface area contributed by atoms with Crippen LogP contribution in [0.1, 0.15) is 36.2 Å². The molecule has 0 aliphatic heterocycles. The van der Waals surface area contributed by atoms with Crippen LogP contribution in [0, 0.1) is 11.8 Å². The molecule has 0 aliphatic rings. The SMILES string of the molecule is CCN(CC)CCCNC(=O)c1ccncc1C#CCO. The first-order chi connectivity index (χ1) is 10.2. The number of nitrogens with one attached hydrogen (secondary N) is 1. The Morgan fingerprint density at radius 2 is 2.19 bits per heavy atom. The van der Waals surface area contributed by atoms with Crippen molar-refractivity contribution in [2.45, 2.75) is 20.3 Å². The van der Waals surface area contributed by atoms with Crippen molar-refractivity contribution in [3.8, 4) is 11.8 Å². The molecule has 5 nitrogen and oxygen atoms in total. The van der Waals surface area contributed by atoms with E-state index in [2.05, 4.69) is 40.9 Å². The smallest absolute Gasteiger partial charge is 0.252 e. The van der Waals surface area contributed by atoms with E-state index in [1.807, 2.05) is 0 Å². The number of carbonyl (C=O) groups is 1. The van der Waals surface area contributed by atoms with Crippen LogP contribution in [0.5, 0.6) is 0 Å². The Balaban J connectivity index is 2.52. The Morgan fingerprint density at radius 1 is 1.43 bits per heavy atom. The lowest BCUT2D eigenvalue weighted by Crippen LogP contribution is -2.30. The number of aliphatic hydroxyl groups excluding tert-OH is 1. The highest BCUT2D eigenvalue weighted by molar-refractivity contribution is 5.96. The fraction of sp³-hybridized carbons (Fsp3) is 0.500. The van der Waals surface area contributed by atoms with E-state index in [1.165, 1.54) is 6.20 Å². The summed E-state index contributed by atoms with van der Waals surface area (Å²) >= 11 is 0. The molecule has 114 valence electrons. The van der Waals surface area contributed by atoms with E-state index in [9.17, 15) is 4.79 Å². The molecular weight excluding hydrogens is 266 g/mol. The van der Waals surface area contributed by atoms with Gasteiger partial charge in [0, 0.05) is 18.9 Å². The minimum absolute atomic E-state index is 0.154. The van der Waals surface area contributed by atoms with Crippen LogP contribution in [-0.4, -0.2) is 53.7 Å². The average molecular weight is 289 g/mol. The van der Waals surface area contributed by atoms with E-state index < -0.39 is 0 Å². The highest BCUT2D eigenvalue weighted by Gasteiger charge is 2.09. The molecule has 0 saturated heterocycles. The van der Waals surface area contributed by atoms with E-state index in [-0.39, 0.29) is 12.5 Å². The predicted octanol–water partition coefficient (Wildman–Crippen LogP) is 0.887. The molecule has 1 aromatic rings. The van der Waals surface area contributed by atoms with Gasteiger partial charge in [0.15, 0.2) is 0 Å². The fourth-order valence-corrected chi connectivity index (χ4v) is 1.97. The van der Waals surface area contributed by atoms with Gasteiger partial charge >= 0.3 is 0 Å². The summed E-state index contributed by atoms with van der Waals surface area (Å²) in [5.41, 5.74) is 1.03. The summed E-state index contributed by atoms with van der Waals surface area (Å²) in [7, 11) is 0. The molecule has 0 spiro atoms. The molecule has 0 atom stereocenters. The Hall–Kier alpha value is -1.90. The molecule has 0 radical (unpaired) electrons. The lowest BCUT2D eigenvalue weighted by molar-refractivity contribution is 0.0951. The number of pyridine rings is 1. The molecule has 1 rings (SSSR count). The van der Waals surface area contributed by atoms with Crippen molar-refractivity contribution in [2.75, 3.05) is 32.8 Å². The first-order valence-corrected chi connectivity index (χ1v) is 7.27. The van der Waals surface area contributed by atoms with E-state index in [0.29, 0.717) is 17.7 Å². The molecule has 5 heteroatoms. The fourth-order valence-electron chi connectivity index (χ4n) is 1.97. The first kappa shape index (κ1) is 17.2. The molecule has 0 bridgehead atoms. The standard InChI is InChI=1S/C16H23N3O2/c1-3-19(4-2)11-6-9-18-16(21)15-8-10-17-13-14(15)7-5-12-20/h8,10,13,20H,3-4,6,9,11-12H2,1-2H3,(H,18,21). The minimum atomic E-state index is -0.236. The zero-order valence-electron chi connectivity index (χ0n) is 12.7. The van der Waals surface area contributed by atoms with Gasteiger partial charge in [-0.15, -0.1) is 0 Å². The molecule has 0 saturated carbocycles. The Morgan fingerprint density at radius 3 is 2.86 bits per heavy atom. The highest BCUT2D eigenvalue weighted by atomic mass is 16.2. The second kappa shape index (κ2) is 9.92. The third-order valence-electron chi connectivity index (χ3n) is 3.20. The van der Waals surface area contributed by atoms with Gasteiger partial charge in [-0.05, 0) is 32.1 Å². The van der Waals surface area contributed by atoms with Gasteiger partial charge in [-0.1, -0.05) is 25.7 Å². The Bertz CT molecular complexity index is 502. The van der Waals surface area contributed by atoms with Gasteiger partial charge in [0.05, 0.1) is 11.1 Å². The number of amides is 1. The summed E-state index contributed by atoms with van der Waals surface area (Å²) in [5, 5.41) is 11.6. The molecule has 1 amide bonds. The molecule has 0 unspecified atom stereocenters. The van der Waals surface area contributed by atoms with E-state index >= 15 is 0 Å². The number of hydrogen-bond acceptors (Lipinski definition) is 4. The van der Waals surface area contributed by atoms with Crippen LogP contribution in [0.4, 0.5) is 0 Å². The van der Waals surface area contributed by atoms with Crippen LogP contribution in [-0.2, 0) is 0 Å². The van der Waals surface area contributed by atoms with Crippen LogP contribution in [0.3, 0.4) is 0 Å². The number of aromatic nitrogens is 1. The lowest BCUT2D eigenvalue weighted by Gasteiger charge is -2.17. The molecule has 0 fully saturated rings. The number of hydrogen-bond donors (Lipinski definition) is 2. The number of nitrogens with zero attached hydrogens (tertiary/aromatic N) is 2. The van der Waals surface area contributed by atoms with E-state index in [1.54, 1.807) is 12.3 Å². The monoisotopic (exact) mass is 289 g/mol. The van der Waals surface area contributed by atoms with Gasteiger partial charge in [0.1, 0.15) is 6.61 Å². The summed E-state index contributed by atoms with van der Waals surface area (Å²) in [6, 6.07) is 1.64. The van der Waals surface area contributed by atoms with Crippen LogP contribution < -0.4 is 5.32 Å². The van der Waals surface area contributed by atoms with Crippen molar-refractivity contribution < 1.29 is 9.90 Å². The van der Waals surface area contributed by atoms with Crippen LogP contribution in [0.15, 0.2) is 18.5 Å². The molecule has 21 heavy (non-hydrogen) atoms. The quantitative estimate of drug-likeness (QED) is 0.578. The molecular formula is C16H23N3O2. The second-order valence-electron chi connectivity index (χ2n) is 4.52. The summed E-state index contributed by atoms with van der Waals surface area (Å²) in [4.78, 5) is 18.4. The van der Waals surface area contributed by atoms with Gasteiger partial charge in [-0.25, -0.2) is 0 Å². The van der Waals surface area contributed by atoms with Crippen molar-refractivity contribution in [1.82, 2.24) is 15.2 Å². The molecule has 0 aromatic carbocycles. The molecule has 1 heterocycles. The zero-order chi connectivity index (χ0) is 15.5. The van der Waals surface area contributed by atoms with E-state index in [0.717, 1.165) is 26.1 Å². The second-order valence-corrected chi connectivity index (χ2v) is 4.52. The Labute approximate surface area is 126 Å². The van der Waals surface area contributed by atoms with Crippen molar-refractivity contribution >= 4 is 5.91 Å². The topological polar surface area (TPSA) is 65.5 Å². The molecule has 1 aromatic heterocycles. The number of aliphatic hydroxyl groups is 1. The van der Waals surface area contributed by atoms with Crippen LogP contribution in [0.2, 0.25) is 0 Å². The third-order valence-corrected chi connectivity index (χ3v) is 3.20. The number of rotatable bonds is 7. The van der Waals surface area contributed by atoms with Gasteiger partial charge in [-0.2, -0.15) is 0 Å². The third kappa shape index (κ3) is 5.94. The van der Waals surface area contributed by atoms with Gasteiger partial charge < -0.3 is 15.3 Å². The highest BCUT2D eigenvalue weighted by Crippen LogP contribution is 2.05. The van der Waals surface area contributed by atoms with E-state index in [4.69, 9.17) is 5.11 Å². The average Bonchev–Trinajstić information content (AvgIpc) is 2.53. The van der Waals surface area contributed by atoms with Crippen LogP contribution >= 0.6 is 0 Å². The maximum absolute atomic E-state index is 12.1. The first-order valence-electron chi connectivity index (χ1n) is 7.27. The van der Waals surface area contributed by atoms with Crippen molar-refractivity contribution in [2.24, 2.45) is 0 Å².